The predicted octanol–water partition coefficient (Wildman–Crippen LogP) is 3.44. The van der Waals surface area contributed by atoms with Gasteiger partial charge in [-0.3, -0.25) is 8.37 Å². The second-order valence-corrected chi connectivity index (χ2v) is 10.3. The Balaban J connectivity index is 2.05. The van der Waals surface area contributed by atoms with Crippen molar-refractivity contribution in [2.24, 2.45) is 5.41 Å². The van der Waals surface area contributed by atoms with Crippen LogP contribution in [0.25, 0.3) is 0 Å². The van der Waals surface area contributed by atoms with Gasteiger partial charge < -0.3 is 0 Å². The molecule has 2 aromatic carbocycles. The van der Waals surface area contributed by atoms with Crippen molar-refractivity contribution in [3.8, 4) is 0 Å². The molecule has 0 aliphatic rings. The van der Waals surface area contributed by atoms with Crippen LogP contribution >= 0.6 is 0 Å². The second kappa shape index (κ2) is 8.10. The first-order valence-corrected chi connectivity index (χ1v) is 11.2. The highest BCUT2D eigenvalue weighted by Crippen LogP contribution is 2.25. The van der Waals surface area contributed by atoms with Crippen LogP contribution in [0.1, 0.15) is 25.0 Å². The Morgan fingerprint density at radius 2 is 1.04 bits per heavy atom. The lowest BCUT2D eigenvalue weighted by molar-refractivity contribution is 0.117. The normalized spacial score (nSPS) is 12.9. The van der Waals surface area contributed by atoms with Gasteiger partial charge in [-0.1, -0.05) is 50.2 Å². The van der Waals surface area contributed by atoms with Crippen molar-refractivity contribution >= 4 is 20.2 Å². The van der Waals surface area contributed by atoms with E-state index in [1.165, 1.54) is 12.1 Å². The van der Waals surface area contributed by atoms with Gasteiger partial charge in [-0.2, -0.15) is 16.8 Å². The van der Waals surface area contributed by atoms with Gasteiger partial charge >= 0.3 is 0 Å². The van der Waals surface area contributed by atoms with Gasteiger partial charge in [0, 0.05) is 5.41 Å². The minimum absolute atomic E-state index is 0.0919. The van der Waals surface area contributed by atoms with Crippen LogP contribution in [0.3, 0.4) is 0 Å². The lowest BCUT2D eigenvalue weighted by Crippen LogP contribution is -2.29. The van der Waals surface area contributed by atoms with Crippen molar-refractivity contribution < 1.29 is 25.2 Å². The van der Waals surface area contributed by atoms with Crippen LogP contribution in [0.4, 0.5) is 0 Å². The van der Waals surface area contributed by atoms with Crippen LogP contribution < -0.4 is 0 Å². The van der Waals surface area contributed by atoms with Crippen molar-refractivity contribution in [2.45, 2.75) is 37.5 Å². The molecule has 0 bridgehead atoms. The van der Waals surface area contributed by atoms with E-state index in [9.17, 15) is 16.8 Å². The summed E-state index contributed by atoms with van der Waals surface area (Å²) in [4.78, 5) is 0.184. The molecule has 0 saturated heterocycles. The first-order chi connectivity index (χ1) is 12.4. The topological polar surface area (TPSA) is 86.7 Å². The summed E-state index contributed by atoms with van der Waals surface area (Å²) in [5, 5.41) is 0. The Morgan fingerprint density at radius 3 is 1.37 bits per heavy atom. The molecule has 0 atom stereocenters. The standard InChI is InChI=1S/C19H24O6S2/c1-15-9-5-7-11-17(15)26(20,21)24-13-19(3,4)14-25-27(22,23)18-12-8-6-10-16(18)2/h5-12H,13-14H2,1-4H3. The van der Waals surface area contributed by atoms with Crippen molar-refractivity contribution in [3.63, 3.8) is 0 Å². The van der Waals surface area contributed by atoms with Gasteiger partial charge in [0.1, 0.15) is 0 Å². The number of aryl methyl sites for hydroxylation is 2. The quantitative estimate of drug-likeness (QED) is 0.617. The highest BCUT2D eigenvalue weighted by Gasteiger charge is 2.28. The summed E-state index contributed by atoms with van der Waals surface area (Å²) in [6, 6.07) is 13.0. The van der Waals surface area contributed by atoms with Crippen LogP contribution in [-0.2, 0) is 28.6 Å². The lowest BCUT2D eigenvalue weighted by atomic mass is 9.97. The third-order valence-corrected chi connectivity index (χ3v) is 6.79. The molecule has 0 saturated carbocycles. The molecule has 0 fully saturated rings. The molecule has 6 nitrogen and oxygen atoms in total. The lowest BCUT2D eigenvalue weighted by Gasteiger charge is -2.24. The molecule has 8 heteroatoms. The summed E-state index contributed by atoms with van der Waals surface area (Å²) < 4.78 is 59.8. The minimum Gasteiger partial charge on any atom is -0.266 e. The number of rotatable bonds is 8. The molecule has 2 aromatic rings. The fraction of sp³-hybridized carbons (Fsp3) is 0.368. The zero-order valence-corrected chi connectivity index (χ0v) is 17.4. The van der Waals surface area contributed by atoms with E-state index in [0.717, 1.165) is 0 Å². The monoisotopic (exact) mass is 412 g/mol. The summed E-state index contributed by atoms with van der Waals surface area (Å²) in [5.74, 6) is 0. The Labute approximate surface area is 161 Å². The van der Waals surface area contributed by atoms with Gasteiger partial charge in [-0.15, -0.1) is 0 Å². The largest absolute Gasteiger partial charge is 0.297 e. The molecule has 0 unspecified atom stereocenters. The average molecular weight is 413 g/mol. The van der Waals surface area contributed by atoms with Crippen LogP contribution in [0.15, 0.2) is 58.3 Å². The van der Waals surface area contributed by atoms with Crippen LogP contribution in [0.2, 0.25) is 0 Å². The Hall–Kier alpha value is -1.74. The van der Waals surface area contributed by atoms with Gasteiger partial charge in [0.25, 0.3) is 20.2 Å². The molecule has 0 amide bonds. The molecule has 0 aliphatic carbocycles. The summed E-state index contributed by atoms with van der Waals surface area (Å²) in [5.41, 5.74) is 0.313. The fourth-order valence-corrected chi connectivity index (χ4v) is 4.93. The van der Waals surface area contributed by atoms with Gasteiger partial charge in [-0.25, -0.2) is 0 Å². The molecule has 0 heterocycles. The Kier molecular flexibility index (Phi) is 6.47. The van der Waals surface area contributed by atoms with Crippen LogP contribution in [-0.4, -0.2) is 30.0 Å². The maximum Gasteiger partial charge on any atom is 0.297 e. The van der Waals surface area contributed by atoms with Crippen LogP contribution in [0.5, 0.6) is 0 Å². The SMILES string of the molecule is Cc1ccccc1S(=O)(=O)OCC(C)(C)COS(=O)(=O)c1ccccc1C. The first-order valence-electron chi connectivity index (χ1n) is 8.35. The third kappa shape index (κ3) is 5.62. The van der Waals surface area contributed by atoms with E-state index in [0.29, 0.717) is 11.1 Å². The maximum atomic E-state index is 12.4. The molecule has 0 aromatic heterocycles. The number of hydrogen-bond donors (Lipinski definition) is 0. The van der Waals surface area contributed by atoms with Gasteiger partial charge in [0.15, 0.2) is 0 Å². The first kappa shape index (κ1) is 21.6. The molecule has 2 rings (SSSR count). The highest BCUT2D eigenvalue weighted by atomic mass is 32.2. The van der Waals surface area contributed by atoms with Crippen molar-refractivity contribution in [2.75, 3.05) is 13.2 Å². The van der Waals surface area contributed by atoms with Crippen LogP contribution in [0, 0.1) is 19.3 Å². The predicted molar refractivity (Wildman–Crippen MR) is 102 cm³/mol. The average Bonchev–Trinajstić information content (AvgIpc) is 2.59. The molecule has 0 N–H and O–H groups in total. The summed E-state index contributed by atoms with van der Waals surface area (Å²) >= 11 is 0. The van der Waals surface area contributed by atoms with E-state index in [1.807, 2.05) is 0 Å². The summed E-state index contributed by atoms with van der Waals surface area (Å²) in [6.45, 7) is 6.28. The second-order valence-electron chi connectivity index (χ2n) is 7.13. The number of benzene rings is 2. The zero-order valence-electron chi connectivity index (χ0n) is 15.8. The fourth-order valence-electron chi connectivity index (χ4n) is 2.32. The number of hydrogen-bond acceptors (Lipinski definition) is 6. The van der Waals surface area contributed by atoms with E-state index in [1.54, 1.807) is 64.1 Å². The Bertz CT molecular complexity index is 927. The summed E-state index contributed by atoms with van der Waals surface area (Å²) in [6.07, 6.45) is 0. The third-order valence-electron chi connectivity index (χ3n) is 3.94. The minimum atomic E-state index is -3.94. The Morgan fingerprint density at radius 1 is 0.704 bits per heavy atom. The zero-order chi connectivity index (χ0) is 20.3. The summed E-state index contributed by atoms with van der Waals surface area (Å²) in [7, 11) is -7.88. The molecule has 0 radical (unpaired) electrons. The van der Waals surface area contributed by atoms with E-state index >= 15 is 0 Å². The van der Waals surface area contributed by atoms with Gasteiger partial charge in [0.05, 0.1) is 23.0 Å². The van der Waals surface area contributed by atoms with E-state index in [2.05, 4.69) is 0 Å². The van der Waals surface area contributed by atoms with Gasteiger partial charge in [-0.05, 0) is 37.1 Å². The maximum absolute atomic E-state index is 12.4. The molecule has 27 heavy (non-hydrogen) atoms. The van der Waals surface area contributed by atoms with Crippen molar-refractivity contribution in [1.82, 2.24) is 0 Å². The van der Waals surface area contributed by atoms with Gasteiger partial charge in [0.2, 0.25) is 0 Å². The molecule has 148 valence electrons. The van der Waals surface area contributed by atoms with E-state index < -0.39 is 25.7 Å². The molecular weight excluding hydrogens is 388 g/mol. The highest BCUT2D eigenvalue weighted by molar-refractivity contribution is 7.87. The van der Waals surface area contributed by atoms with Crippen molar-refractivity contribution in [1.29, 1.82) is 0 Å². The van der Waals surface area contributed by atoms with E-state index in [-0.39, 0.29) is 23.0 Å². The van der Waals surface area contributed by atoms with Crippen molar-refractivity contribution in [3.05, 3.63) is 59.7 Å². The molecular formula is C19H24O6S2. The smallest absolute Gasteiger partial charge is 0.266 e. The molecule has 0 spiro atoms. The van der Waals surface area contributed by atoms with E-state index in [4.69, 9.17) is 8.37 Å². The molecule has 0 aliphatic heterocycles.